The van der Waals surface area contributed by atoms with Crippen LogP contribution in [0.3, 0.4) is 0 Å². The highest BCUT2D eigenvalue weighted by Gasteiger charge is 2.61. The second kappa shape index (κ2) is 9.91. The number of benzene rings is 1. The van der Waals surface area contributed by atoms with Gasteiger partial charge in [0.05, 0.1) is 24.5 Å². The van der Waals surface area contributed by atoms with Crippen LogP contribution in [0.2, 0.25) is 0 Å². The van der Waals surface area contributed by atoms with E-state index >= 15 is 0 Å². The highest BCUT2D eigenvalue weighted by atomic mass is 35.5. The largest absolute Gasteiger partial charge is 0.389 e. The van der Waals surface area contributed by atoms with Gasteiger partial charge in [-0.2, -0.15) is 0 Å². The molecule has 0 aromatic heterocycles. The van der Waals surface area contributed by atoms with Crippen LogP contribution in [0.5, 0.6) is 0 Å². The summed E-state index contributed by atoms with van der Waals surface area (Å²) in [4.78, 5) is 4.35. The first-order valence-corrected chi connectivity index (χ1v) is 10.8. The zero-order valence-electron chi connectivity index (χ0n) is 18.3. The summed E-state index contributed by atoms with van der Waals surface area (Å²) < 4.78 is 20.2. The van der Waals surface area contributed by atoms with E-state index in [-0.39, 0.29) is 42.2 Å². The molecular weight excluding hydrogens is 426 g/mol. The Balaban J connectivity index is 0.00000160. The lowest BCUT2D eigenvalue weighted by Gasteiger charge is -2.39. The Morgan fingerprint density at radius 1 is 1.13 bits per heavy atom. The Hall–Kier alpha value is -0.590. The van der Waals surface area contributed by atoms with E-state index in [1.54, 1.807) is 6.07 Å². The SMILES string of the molecule is CC1(C)C2CCC1(C)C(OCC(O)CN1CCN(c3ccccc3F)CC1)C2.Cl.Cl. The smallest absolute Gasteiger partial charge is 0.146 e. The van der Waals surface area contributed by atoms with Gasteiger partial charge >= 0.3 is 0 Å². The van der Waals surface area contributed by atoms with Gasteiger partial charge in [-0.25, -0.2) is 4.39 Å². The van der Waals surface area contributed by atoms with Gasteiger partial charge < -0.3 is 14.7 Å². The summed E-state index contributed by atoms with van der Waals surface area (Å²) in [6.07, 6.45) is 3.50. The Kier molecular flexibility index (Phi) is 8.48. The number of aliphatic hydroxyl groups is 1. The first kappa shape index (κ1) is 25.7. The topological polar surface area (TPSA) is 35.9 Å². The van der Waals surface area contributed by atoms with Crippen molar-refractivity contribution in [3.8, 4) is 0 Å². The first-order chi connectivity index (χ1) is 13.3. The molecule has 1 heterocycles. The maximum absolute atomic E-state index is 14.0. The Bertz CT molecular complexity index is 700. The average Bonchev–Trinajstić information content (AvgIpc) is 3.01. The summed E-state index contributed by atoms with van der Waals surface area (Å²) in [6, 6.07) is 6.96. The number of para-hydroxylation sites is 1. The Morgan fingerprint density at radius 2 is 1.80 bits per heavy atom. The molecule has 30 heavy (non-hydrogen) atoms. The fourth-order valence-electron chi connectivity index (χ4n) is 5.84. The number of halogens is 3. The molecule has 0 radical (unpaired) electrons. The molecule has 4 unspecified atom stereocenters. The maximum atomic E-state index is 14.0. The average molecular weight is 463 g/mol. The fraction of sp³-hybridized carbons (Fsp3) is 0.739. The minimum absolute atomic E-state index is 0. The zero-order chi connectivity index (χ0) is 19.9. The zero-order valence-corrected chi connectivity index (χ0v) is 20.0. The lowest BCUT2D eigenvalue weighted by Crippen LogP contribution is -2.49. The molecule has 2 bridgehead atoms. The van der Waals surface area contributed by atoms with Gasteiger partial charge in [0.15, 0.2) is 0 Å². The van der Waals surface area contributed by atoms with Crippen molar-refractivity contribution in [2.24, 2.45) is 16.7 Å². The van der Waals surface area contributed by atoms with Crippen molar-refractivity contribution in [2.75, 3.05) is 44.2 Å². The highest BCUT2D eigenvalue weighted by molar-refractivity contribution is 5.85. The molecule has 0 spiro atoms. The van der Waals surface area contributed by atoms with Crippen LogP contribution in [0.1, 0.15) is 40.0 Å². The molecule has 4 nitrogen and oxygen atoms in total. The van der Waals surface area contributed by atoms with E-state index in [4.69, 9.17) is 4.74 Å². The van der Waals surface area contributed by atoms with Crippen molar-refractivity contribution in [1.29, 1.82) is 0 Å². The van der Waals surface area contributed by atoms with E-state index in [0.29, 0.717) is 24.3 Å². The molecule has 2 aliphatic carbocycles. The van der Waals surface area contributed by atoms with Crippen molar-refractivity contribution in [3.63, 3.8) is 0 Å². The number of rotatable bonds is 6. The van der Waals surface area contributed by atoms with Crippen molar-refractivity contribution in [1.82, 2.24) is 4.90 Å². The molecular formula is C23H37Cl2FN2O2. The monoisotopic (exact) mass is 462 g/mol. The van der Waals surface area contributed by atoms with Crippen molar-refractivity contribution < 1.29 is 14.2 Å². The number of fused-ring (bicyclic) bond motifs is 2. The van der Waals surface area contributed by atoms with Gasteiger partial charge in [0.2, 0.25) is 0 Å². The van der Waals surface area contributed by atoms with Crippen LogP contribution in [-0.2, 0) is 4.74 Å². The number of anilines is 1. The van der Waals surface area contributed by atoms with Crippen molar-refractivity contribution in [2.45, 2.75) is 52.2 Å². The molecule has 172 valence electrons. The fourth-order valence-corrected chi connectivity index (χ4v) is 5.84. The van der Waals surface area contributed by atoms with Crippen LogP contribution in [0.15, 0.2) is 24.3 Å². The summed E-state index contributed by atoms with van der Waals surface area (Å²) in [7, 11) is 0. The van der Waals surface area contributed by atoms with E-state index in [0.717, 1.165) is 38.5 Å². The third-order valence-corrected chi connectivity index (χ3v) is 8.24. The van der Waals surface area contributed by atoms with Gasteiger partial charge in [-0.15, -0.1) is 24.8 Å². The lowest BCUT2D eigenvalue weighted by atomic mass is 9.70. The van der Waals surface area contributed by atoms with E-state index < -0.39 is 6.10 Å². The van der Waals surface area contributed by atoms with Gasteiger partial charge in [0.25, 0.3) is 0 Å². The van der Waals surface area contributed by atoms with Gasteiger partial charge in [-0.3, -0.25) is 4.90 Å². The van der Waals surface area contributed by atoms with Gasteiger partial charge in [-0.05, 0) is 48.1 Å². The normalized spacial score (nSPS) is 31.2. The highest BCUT2D eigenvalue weighted by Crippen LogP contribution is 2.66. The third-order valence-electron chi connectivity index (χ3n) is 8.24. The third kappa shape index (κ3) is 4.61. The molecule has 2 saturated carbocycles. The molecule has 1 N–H and O–H groups in total. The van der Waals surface area contributed by atoms with Crippen LogP contribution < -0.4 is 4.90 Å². The number of nitrogens with zero attached hydrogens (tertiary/aromatic N) is 2. The molecule has 1 aliphatic heterocycles. The van der Waals surface area contributed by atoms with Crippen molar-refractivity contribution >= 4 is 30.5 Å². The Morgan fingerprint density at radius 3 is 2.37 bits per heavy atom. The molecule has 3 fully saturated rings. The van der Waals surface area contributed by atoms with E-state index in [1.807, 2.05) is 12.1 Å². The predicted octanol–water partition coefficient (Wildman–Crippen LogP) is 4.38. The number of hydrogen-bond acceptors (Lipinski definition) is 4. The first-order valence-electron chi connectivity index (χ1n) is 10.8. The molecule has 0 amide bonds. The van der Waals surface area contributed by atoms with Crippen LogP contribution in [-0.4, -0.2) is 61.5 Å². The summed E-state index contributed by atoms with van der Waals surface area (Å²) in [5, 5.41) is 10.5. The summed E-state index contributed by atoms with van der Waals surface area (Å²) in [5.41, 5.74) is 1.26. The van der Waals surface area contributed by atoms with E-state index in [1.165, 1.54) is 18.9 Å². The molecule has 1 aromatic carbocycles. The van der Waals surface area contributed by atoms with Gasteiger partial charge in [-0.1, -0.05) is 32.9 Å². The lowest BCUT2D eigenvalue weighted by molar-refractivity contribution is -0.0794. The van der Waals surface area contributed by atoms with Crippen LogP contribution >= 0.6 is 24.8 Å². The minimum atomic E-state index is -0.467. The molecule has 4 rings (SSSR count). The standard InChI is InChI=1S/C23H35FN2O2.2ClH/c1-22(2)17-8-9-23(22,3)21(14-17)28-16-18(27)15-25-10-12-26(13-11-25)20-7-5-4-6-19(20)24;;/h4-7,17-18,21,27H,8-16H2,1-3H3;2*1H. The summed E-state index contributed by atoms with van der Waals surface area (Å²) in [6.45, 7) is 11.4. The van der Waals surface area contributed by atoms with Crippen molar-refractivity contribution in [3.05, 3.63) is 30.1 Å². The molecule has 3 aliphatic rings. The molecule has 1 saturated heterocycles. The summed E-state index contributed by atoms with van der Waals surface area (Å²) >= 11 is 0. The van der Waals surface area contributed by atoms with E-state index in [9.17, 15) is 9.50 Å². The number of ether oxygens (including phenoxy) is 1. The van der Waals surface area contributed by atoms with Crippen LogP contribution in [0, 0.1) is 22.6 Å². The second-order valence-electron chi connectivity index (χ2n) is 9.83. The quantitative estimate of drug-likeness (QED) is 0.679. The number of β-amino-alcohol motifs (C(OH)–C–C–N with tert-alkyl or cyclic N) is 1. The van der Waals surface area contributed by atoms with Crippen LogP contribution in [0.25, 0.3) is 0 Å². The maximum Gasteiger partial charge on any atom is 0.146 e. The number of aliphatic hydroxyl groups excluding tert-OH is 1. The molecule has 7 heteroatoms. The van der Waals surface area contributed by atoms with Crippen LogP contribution in [0.4, 0.5) is 10.1 Å². The number of hydrogen-bond donors (Lipinski definition) is 1. The summed E-state index contributed by atoms with van der Waals surface area (Å²) in [5.74, 6) is 0.595. The molecule has 1 aromatic rings. The minimum Gasteiger partial charge on any atom is -0.389 e. The second-order valence-corrected chi connectivity index (χ2v) is 9.83. The van der Waals surface area contributed by atoms with E-state index in [2.05, 4.69) is 30.6 Å². The predicted molar refractivity (Wildman–Crippen MR) is 125 cm³/mol. The Labute approximate surface area is 193 Å². The van der Waals surface area contributed by atoms with Gasteiger partial charge in [0, 0.05) is 32.7 Å². The van der Waals surface area contributed by atoms with Gasteiger partial charge in [0.1, 0.15) is 5.82 Å². The molecule has 4 atom stereocenters. The number of piperazine rings is 1.